The van der Waals surface area contributed by atoms with Crippen LogP contribution in [-0.2, 0) is 11.4 Å². The van der Waals surface area contributed by atoms with E-state index in [4.69, 9.17) is 11.6 Å². The summed E-state index contributed by atoms with van der Waals surface area (Å²) in [6.45, 7) is 7.75. The highest BCUT2D eigenvalue weighted by Crippen LogP contribution is 2.25. The molecule has 0 bridgehead atoms. The molecule has 1 rings (SSSR count). The summed E-state index contributed by atoms with van der Waals surface area (Å²) in [4.78, 5) is 4.95. The van der Waals surface area contributed by atoms with Gasteiger partial charge >= 0.3 is 0 Å². The van der Waals surface area contributed by atoms with Crippen molar-refractivity contribution in [3.8, 4) is 0 Å². The number of nitrogens with one attached hydrogen (secondary N) is 1. The average molecular weight is 267 g/mol. The number of thiazole rings is 1. The fourth-order valence-electron chi connectivity index (χ4n) is 0.860. The monoisotopic (exact) mass is 266 g/mol. The third-order valence-electron chi connectivity index (χ3n) is 1.76. The van der Waals surface area contributed by atoms with Crippen LogP contribution in [0.25, 0.3) is 0 Å². The zero-order valence-electron chi connectivity index (χ0n) is 9.20. The number of hydrogen-bond acceptors (Lipinski definition) is 4. The van der Waals surface area contributed by atoms with Crippen molar-refractivity contribution < 1.29 is 4.55 Å². The first-order valence-corrected chi connectivity index (χ1v) is 6.94. The van der Waals surface area contributed by atoms with E-state index in [1.165, 1.54) is 11.3 Å². The summed E-state index contributed by atoms with van der Waals surface area (Å²) in [6.07, 6.45) is 1.71. The summed E-state index contributed by atoms with van der Waals surface area (Å²) < 4.78 is 15.1. The van der Waals surface area contributed by atoms with Gasteiger partial charge in [-0.15, -0.1) is 16.1 Å². The van der Waals surface area contributed by atoms with Crippen molar-refractivity contribution in [2.45, 2.75) is 38.5 Å². The zero-order chi connectivity index (χ0) is 11.6. The Morgan fingerprint density at radius 2 is 2.20 bits per heavy atom. The minimum Gasteiger partial charge on any atom is -0.598 e. The molecule has 86 valence electrons. The molecule has 0 amide bonds. The third kappa shape index (κ3) is 3.92. The lowest BCUT2D eigenvalue weighted by atomic mass is 10.3. The second-order valence-corrected chi connectivity index (χ2v) is 7.88. The lowest BCUT2D eigenvalue weighted by Gasteiger charge is -2.25. The summed E-state index contributed by atoms with van der Waals surface area (Å²) in [5, 5.41) is 0. The van der Waals surface area contributed by atoms with Gasteiger partial charge in [0.1, 0.15) is 4.75 Å². The SMILES string of the molecule is CC(N[S+]([O-])C(C)(C)C)c1cnc(Cl)s1. The van der Waals surface area contributed by atoms with Crippen molar-refractivity contribution in [2.75, 3.05) is 0 Å². The van der Waals surface area contributed by atoms with Crippen molar-refractivity contribution in [3.05, 3.63) is 15.5 Å². The van der Waals surface area contributed by atoms with Gasteiger partial charge in [-0.05, 0) is 27.7 Å². The van der Waals surface area contributed by atoms with E-state index in [2.05, 4.69) is 9.71 Å². The number of rotatable bonds is 3. The quantitative estimate of drug-likeness (QED) is 0.856. The highest BCUT2D eigenvalue weighted by atomic mass is 35.5. The van der Waals surface area contributed by atoms with E-state index < -0.39 is 11.4 Å². The van der Waals surface area contributed by atoms with Crippen LogP contribution in [-0.4, -0.2) is 14.3 Å². The maximum Gasteiger partial charge on any atom is 0.183 e. The average Bonchev–Trinajstić information content (AvgIpc) is 2.50. The molecule has 1 aromatic heterocycles. The molecule has 0 radical (unpaired) electrons. The lowest BCUT2D eigenvalue weighted by molar-refractivity contribution is 0.532. The van der Waals surface area contributed by atoms with Gasteiger partial charge in [-0.1, -0.05) is 11.6 Å². The molecule has 2 atom stereocenters. The molecule has 0 spiro atoms. The van der Waals surface area contributed by atoms with Gasteiger partial charge in [0, 0.05) is 22.4 Å². The number of aromatic nitrogens is 1. The second kappa shape index (κ2) is 5.01. The van der Waals surface area contributed by atoms with Crippen LogP contribution in [0.4, 0.5) is 0 Å². The molecule has 0 saturated carbocycles. The molecular weight excluding hydrogens is 252 g/mol. The first-order chi connectivity index (χ1) is 6.80. The van der Waals surface area contributed by atoms with Crippen molar-refractivity contribution >= 4 is 34.3 Å². The maximum atomic E-state index is 11.8. The Balaban J connectivity index is 2.60. The van der Waals surface area contributed by atoms with Crippen LogP contribution in [0.5, 0.6) is 0 Å². The summed E-state index contributed by atoms with van der Waals surface area (Å²) in [5.74, 6) is 0. The van der Waals surface area contributed by atoms with Crippen LogP contribution in [0.3, 0.4) is 0 Å². The van der Waals surface area contributed by atoms with E-state index in [-0.39, 0.29) is 10.8 Å². The zero-order valence-corrected chi connectivity index (χ0v) is 11.6. The Bertz CT molecular complexity index is 324. The Labute approximate surface area is 103 Å². The lowest BCUT2D eigenvalue weighted by Crippen LogP contribution is -2.40. The summed E-state index contributed by atoms with van der Waals surface area (Å²) in [7, 11) is 0. The van der Waals surface area contributed by atoms with Crippen LogP contribution in [0.15, 0.2) is 6.20 Å². The Morgan fingerprint density at radius 1 is 1.60 bits per heavy atom. The highest BCUT2D eigenvalue weighted by molar-refractivity contribution is 7.90. The van der Waals surface area contributed by atoms with Crippen LogP contribution >= 0.6 is 22.9 Å². The summed E-state index contributed by atoms with van der Waals surface area (Å²) in [6, 6.07) is 0.00931. The molecule has 0 aromatic carbocycles. The molecular formula is C9H15ClN2OS2. The van der Waals surface area contributed by atoms with Crippen LogP contribution in [0.1, 0.15) is 38.6 Å². The van der Waals surface area contributed by atoms with Gasteiger partial charge in [-0.3, -0.25) is 0 Å². The number of halogens is 1. The van der Waals surface area contributed by atoms with Gasteiger partial charge in [0.2, 0.25) is 0 Å². The fourth-order valence-corrected chi connectivity index (χ4v) is 2.69. The first-order valence-electron chi connectivity index (χ1n) is 4.60. The third-order valence-corrected chi connectivity index (χ3v) is 4.74. The van der Waals surface area contributed by atoms with E-state index in [0.29, 0.717) is 4.47 Å². The van der Waals surface area contributed by atoms with E-state index in [9.17, 15) is 4.55 Å². The molecule has 6 heteroatoms. The van der Waals surface area contributed by atoms with Gasteiger partial charge in [0.25, 0.3) is 0 Å². The number of hydrogen-bond donors (Lipinski definition) is 1. The molecule has 0 aliphatic carbocycles. The fraction of sp³-hybridized carbons (Fsp3) is 0.667. The van der Waals surface area contributed by atoms with Crippen molar-refractivity contribution in [3.63, 3.8) is 0 Å². The van der Waals surface area contributed by atoms with Gasteiger partial charge < -0.3 is 4.55 Å². The first kappa shape index (κ1) is 13.3. The molecule has 1 N–H and O–H groups in total. The topological polar surface area (TPSA) is 48.0 Å². The van der Waals surface area contributed by atoms with Crippen LogP contribution < -0.4 is 4.72 Å². The Hall–Kier alpha value is 0.190. The van der Waals surface area contributed by atoms with Crippen molar-refractivity contribution in [1.82, 2.24) is 9.71 Å². The van der Waals surface area contributed by atoms with E-state index in [1.54, 1.807) is 6.20 Å². The van der Waals surface area contributed by atoms with E-state index in [1.807, 2.05) is 27.7 Å². The predicted octanol–water partition coefficient (Wildman–Crippen LogP) is 2.91. The van der Waals surface area contributed by atoms with E-state index >= 15 is 0 Å². The Morgan fingerprint density at radius 3 is 2.60 bits per heavy atom. The van der Waals surface area contributed by atoms with Gasteiger partial charge in [0.05, 0.1) is 6.04 Å². The molecule has 3 nitrogen and oxygen atoms in total. The predicted molar refractivity (Wildman–Crippen MR) is 66.6 cm³/mol. The minimum absolute atomic E-state index is 0.00931. The van der Waals surface area contributed by atoms with Gasteiger partial charge in [0.15, 0.2) is 4.47 Å². The smallest absolute Gasteiger partial charge is 0.183 e. The molecule has 0 aliphatic heterocycles. The van der Waals surface area contributed by atoms with Crippen molar-refractivity contribution in [1.29, 1.82) is 0 Å². The highest BCUT2D eigenvalue weighted by Gasteiger charge is 2.28. The van der Waals surface area contributed by atoms with Crippen molar-refractivity contribution in [2.24, 2.45) is 0 Å². The molecule has 1 heterocycles. The van der Waals surface area contributed by atoms with Gasteiger partial charge in [-0.2, -0.15) is 0 Å². The normalized spacial score (nSPS) is 16.4. The molecule has 2 unspecified atom stereocenters. The molecule has 1 aromatic rings. The number of nitrogens with zero attached hydrogens (tertiary/aromatic N) is 1. The van der Waals surface area contributed by atoms with E-state index in [0.717, 1.165) is 4.88 Å². The maximum absolute atomic E-state index is 11.8. The second-order valence-electron chi connectivity index (χ2n) is 4.24. The van der Waals surface area contributed by atoms with Crippen LogP contribution in [0, 0.1) is 0 Å². The molecule has 0 fully saturated rings. The van der Waals surface area contributed by atoms with Crippen LogP contribution in [0.2, 0.25) is 4.47 Å². The molecule has 0 aliphatic rings. The molecule has 15 heavy (non-hydrogen) atoms. The standard InChI is InChI=1S/C9H15ClN2OS2/c1-6(7-5-11-8(10)14-7)12-15(13)9(2,3)4/h5-6,12H,1-4H3. The largest absolute Gasteiger partial charge is 0.598 e. The van der Waals surface area contributed by atoms with Gasteiger partial charge in [-0.25, -0.2) is 4.98 Å². The Kier molecular flexibility index (Phi) is 4.43. The minimum atomic E-state index is -1.07. The summed E-state index contributed by atoms with van der Waals surface area (Å²) in [5.41, 5.74) is 0. The molecule has 0 saturated heterocycles. The summed E-state index contributed by atoms with van der Waals surface area (Å²) >= 11 is 6.07.